The van der Waals surface area contributed by atoms with Crippen LogP contribution in [0, 0.1) is 22.7 Å². The number of carbonyl (C=O) groups is 4. The molecule has 2 N–H and O–H groups in total. The summed E-state index contributed by atoms with van der Waals surface area (Å²) in [5.41, 5.74) is 5.96. The number of likely N-dealkylation sites (N-methyl/N-ethyl adjacent to an activating group) is 1. The molecule has 8 heterocycles. The predicted molar refractivity (Wildman–Crippen MR) is 273 cm³/mol. The van der Waals surface area contributed by atoms with E-state index < -0.39 is 48.3 Å². The van der Waals surface area contributed by atoms with Gasteiger partial charge in [-0.3, -0.25) is 39.0 Å². The van der Waals surface area contributed by atoms with Gasteiger partial charge in [0.1, 0.15) is 24.7 Å². The number of carbonyl (C=O) groups excluding carboxylic acids is 4. The summed E-state index contributed by atoms with van der Waals surface area (Å²) in [6.07, 6.45) is 5.96. The number of rotatable bonds is 10. The minimum atomic E-state index is -4.57. The fourth-order valence-electron chi connectivity index (χ4n) is 13.3. The number of nitrogens with zero attached hydrogens (tertiary/aromatic N) is 7. The van der Waals surface area contributed by atoms with Crippen molar-refractivity contribution in [3.05, 3.63) is 58.2 Å². The summed E-state index contributed by atoms with van der Waals surface area (Å²) in [5.74, 6) is -0.121. The van der Waals surface area contributed by atoms with Gasteiger partial charge in [-0.2, -0.15) is 13.2 Å². The van der Waals surface area contributed by atoms with Crippen molar-refractivity contribution < 1.29 is 41.8 Å². The lowest BCUT2D eigenvalue weighted by Crippen LogP contribution is -2.68. The number of hydrazine groups is 1. The average molecular weight is 1040 g/mol. The van der Waals surface area contributed by atoms with Crippen molar-refractivity contribution in [1.82, 2.24) is 45.0 Å². The molecule has 7 atom stereocenters. The van der Waals surface area contributed by atoms with Crippen LogP contribution in [0.15, 0.2) is 41.9 Å². The molecule has 19 heteroatoms. The van der Waals surface area contributed by atoms with Crippen LogP contribution in [0.3, 0.4) is 0 Å². The first-order chi connectivity index (χ1) is 35.4. The summed E-state index contributed by atoms with van der Waals surface area (Å²) < 4.78 is 57.3. The second-order valence-electron chi connectivity index (χ2n) is 23.4. The molecular formula is C55H70F3N9O6S. The van der Waals surface area contributed by atoms with E-state index in [9.17, 15) is 27.6 Å². The molecule has 3 aromatic heterocycles. The van der Waals surface area contributed by atoms with Crippen LogP contribution in [0.2, 0.25) is 0 Å². The summed E-state index contributed by atoms with van der Waals surface area (Å²) in [7, 11) is 3.60. The van der Waals surface area contributed by atoms with E-state index in [4.69, 9.17) is 14.5 Å². The largest absolute Gasteiger partial charge is 0.464 e. The first-order valence-corrected chi connectivity index (χ1v) is 27.7. The Bertz CT molecular complexity index is 2800. The van der Waals surface area contributed by atoms with Gasteiger partial charge >= 0.3 is 12.1 Å². The van der Waals surface area contributed by atoms with E-state index in [-0.39, 0.29) is 54.5 Å². The number of piperidine rings is 1. The van der Waals surface area contributed by atoms with Crippen molar-refractivity contribution in [2.24, 2.45) is 22.7 Å². The highest BCUT2D eigenvalue weighted by atomic mass is 32.1. The van der Waals surface area contributed by atoms with Gasteiger partial charge in [0, 0.05) is 90.2 Å². The van der Waals surface area contributed by atoms with Crippen LogP contribution in [-0.4, -0.2) is 148 Å². The van der Waals surface area contributed by atoms with Crippen LogP contribution in [0.4, 0.5) is 13.2 Å². The van der Waals surface area contributed by atoms with E-state index in [1.165, 1.54) is 40.9 Å². The number of likely N-dealkylation sites (tertiary alicyclic amines) is 2. The van der Waals surface area contributed by atoms with E-state index in [2.05, 4.69) is 32.6 Å². The van der Waals surface area contributed by atoms with Crippen molar-refractivity contribution in [1.29, 1.82) is 0 Å². The van der Waals surface area contributed by atoms with Crippen molar-refractivity contribution in [2.45, 2.75) is 147 Å². The first-order valence-electron chi connectivity index (χ1n) is 26.8. The maximum atomic E-state index is 15.2. The summed E-state index contributed by atoms with van der Waals surface area (Å²) in [6.45, 7) is 7.53. The van der Waals surface area contributed by atoms with E-state index in [0.29, 0.717) is 101 Å². The van der Waals surface area contributed by atoms with Gasteiger partial charge in [-0.1, -0.05) is 32.8 Å². The number of hydrogen-bond donors (Lipinski definition) is 2. The number of amides is 3. The number of aromatic nitrogens is 3. The van der Waals surface area contributed by atoms with E-state index in [1.807, 2.05) is 37.1 Å². The first kappa shape index (κ1) is 51.2. The van der Waals surface area contributed by atoms with Crippen LogP contribution in [0.5, 0.6) is 0 Å². The Morgan fingerprint density at radius 1 is 1.03 bits per heavy atom. The lowest BCUT2D eigenvalue weighted by molar-refractivity contribution is -0.155. The molecule has 1 unspecified atom stereocenters. The predicted octanol–water partition coefficient (Wildman–Crippen LogP) is 7.32. The molecule has 5 aliphatic heterocycles. The smallest absolute Gasteiger partial charge is 0.406 e. The average Bonchev–Trinajstić information content (AvgIpc) is 4.14. The van der Waals surface area contributed by atoms with Gasteiger partial charge in [-0.05, 0) is 120 Å². The summed E-state index contributed by atoms with van der Waals surface area (Å²) in [5, 5.41) is 7.80. The molecule has 7 aliphatic rings. The zero-order valence-corrected chi connectivity index (χ0v) is 44.0. The number of cyclic esters (lactones) is 1. The Morgan fingerprint density at radius 3 is 2.55 bits per heavy atom. The van der Waals surface area contributed by atoms with Crippen LogP contribution in [-0.2, 0) is 48.0 Å². The maximum Gasteiger partial charge on any atom is 0.406 e. The minimum Gasteiger partial charge on any atom is -0.464 e. The molecular weight excluding hydrogens is 972 g/mol. The standard InChI is InChI=1S/C55H70F3N9O6S/c1-32(72-5)44-36(13-8-20-59-44)47-38-25-53(2,3)31-73-52(71)39-14-9-22-67(62-39)50(69)40(24-43-60-41(26-74-43)35-17-18-42(37(38)23-35)66(47)30-55(56,57)58)61-49(68)46(33-11-6-7-12-33)64-21-10-19-54(27-64)28-65(29-54)51(70)48-45(63(48)4)34-15-16-34/h8,13,17-18,20,23,26,32-34,39-40,45-46,48,62H,6-7,9-12,14-16,19,21-22,24-25,27-31H2,1-5H3,(H,61,68)/t32-,39-,40-,45+,46-,48+,63?/m0/s1. The minimum absolute atomic E-state index is 0.00498. The number of ether oxygens (including phenoxy) is 2. The van der Waals surface area contributed by atoms with E-state index in [1.54, 1.807) is 30.5 Å². The molecule has 0 radical (unpaired) electrons. The van der Waals surface area contributed by atoms with Gasteiger partial charge in [0.25, 0.3) is 5.91 Å². The number of esters is 1. The Labute approximate surface area is 434 Å². The van der Waals surface area contributed by atoms with Crippen LogP contribution in [0.25, 0.3) is 33.4 Å². The normalized spacial score (nSPS) is 27.4. The number of benzene rings is 1. The lowest BCUT2D eigenvalue weighted by Gasteiger charge is -2.56. The summed E-state index contributed by atoms with van der Waals surface area (Å²) in [6, 6.07) is 6.89. The molecule has 11 rings (SSSR count). The zero-order valence-electron chi connectivity index (χ0n) is 43.2. The molecule has 2 saturated carbocycles. The summed E-state index contributed by atoms with van der Waals surface area (Å²) in [4.78, 5) is 74.1. The van der Waals surface area contributed by atoms with E-state index in [0.717, 1.165) is 45.1 Å². The monoisotopic (exact) mass is 1040 g/mol. The number of thiazole rings is 1. The van der Waals surface area contributed by atoms with Crippen molar-refractivity contribution in [3.63, 3.8) is 0 Å². The molecule has 1 spiro atoms. The highest BCUT2D eigenvalue weighted by Crippen LogP contribution is 2.49. The maximum absolute atomic E-state index is 15.2. The number of alkyl halides is 3. The third kappa shape index (κ3) is 10.1. The van der Waals surface area contributed by atoms with Gasteiger partial charge in [-0.25, -0.2) is 10.4 Å². The number of fused-ring (bicyclic) bond motifs is 6. The molecule has 398 valence electrons. The lowest BCUT2D eigenvalue weighted by atomic mass is 9.72. The molecule has 3 amide bonds. The van der Waals surface area contributed by atoms with Crippen LogP contribution in [0.1, 0.15) is 107 Å². The van der Waals surface area contributed by atoms with Gasteiger partial charge < -0.3 is 24.3 Å². The topological polar surface area (TPSA) is 154 Å². The Balaban J connectivity index is 0.922. The molecule has 4 saturated heterocycles. The molecule has 2 aliphatic carbocycles. The molecule has 15 nitrogen and oxygen atoms in total. The zero-order chi connectivity index (χ0) is 51.8. The third-order valence-electron chi connectivity index (χ3n) is 17.2. The van der Waals surface area contributed by atoms with Gasteiger partial charge in [0.2, 0.25) is 11.8 Å². The highest BCUT2D eigenvalue weighted by Gasteiger charge is 2.60. The fraction of sp³-hybridized carbons (Fsp3) is 0.636. The van der Waals surface area contributed by atoms with Crippen molar-refractivity contribution >= 4 is 45.9 Å². The Morgan fingerprint density at radius 2 is 1.81 bits per heavy atom. The molecule has 6 bridgehead atoms. The number of nitrogens with one attached hydrogen (secondary N) is 2. The Hall–Kier alpha value is -4.95. The number of methoxy groups -OCH3 is 1. The highest BCUT2D eigenvalue weighted by molar-refractivity contribution is 7.10. The van der Waals surface area contributed by atoms with Crippen LogP contribution < -0.4 is 10.7 Å². The molecule has 74 heavy (non-hydrogen) atoms. The van der Waals surface area contributed by atoms with Gasteiger partial charge in [0.15, 0.2) is 0 Å². The number of pyridine rings is 1. The van der Waals surface area contributed by atoms with Gasteiger partial charge in [0.05, 0.1) is 40.8 Å². The third-order valence-corrected chi connectivity index (χ3v) is 18.1. The fourth-order valence-corrected chi connectivity index (χ4v) is 14.2. The molecule has 6 fully saturated rings. The quantitative estimate of drug-likeness (QED) is 0.121. The second kappa shape index (κ2) is 19.9. The van der Waals surface area contributed by atoms with Crippen molar-refractivity contribution in [3.8, 4) is 22.5 Å². The molecule has 1 aromatic carbocycles. The second-order valence-corrected chi connectivity index (χ2v) is 24.4. The van der Waals surface area contributed by atoms with Crippen molar-refractivity contribution in [2.75, 3.05) is 53.5 Å². The van der Waals surface area contributed by atoms with Gasteiger partial charge in [-0.15, -0.1) is 11.3 Å². The van der Waals surface area contributed by atoms with E-state index >= 15 is 4.79 Å². The Kier molecular flexibility index (Phi) is 13.7. The number of halogens is 3. The van der Waals surface area contributed by atoms with Crippen LogP contribution >= 0.6 is 11.3 Å². The number of hydrogen-bond acceptors (Lipinski definition) is 12. The molecule has 4 aromatic rings. The SMILES string of the molecule is CO[C@@H](C)c1ncccc1-c1c2c3cc(ccc3n1CC(F)(F)F)-c1csc(n1)C[C@H](NC(=O)[C@H](C1CCCC1)N1CCCC3(CN(C(=O)[C@H]4[C@@H](C5CC5)N4C)C3)C1)C(=O)N1CCC[C@H](N1)C(=O)OCC(C)(C)C2. The summed E-state index contributed by atoms with van der Waals surface area (Å²) >= 11 is 1.36.